The van der Waals surface area contributed by atoms with Gasteiger partial charge in [0.25, 0.3) is 0 Å². The predicted octanol–water partition coefficient (Wildman–Crippen LogP) is 1.02. The third-order valence-corrected chi connectivity index (χ3v) is 2.02. The van der Waals surface area contributed by atoms with Gasteiger partial charge in [-0.3, -0.25) is 4.57 Å². The van der Waals surface area contributed by atoms with Gasteiger partial charge < -0.3 is 30.2 Å². The molecule has 0 aromatic heterocycles. The van der Waals surface area contributed by atoms with Crippen molar-refractivity contribution in [2.24, 2.45) is 0 Å². The van der Waals surface area contributed by atoms with Crippen molar-refractivity contribution in [2.75, 3.05) is 0 Å². The lowest BCUT2D eigenvalue weighted by Crippen LogP contribution is -1.93. The highest BCUT2D eigenvalue weighted by Gasteiger charge is 2.17. The Morgan fingerprint density at radius 1 is 0.933 bits per heavy atom. The zero-order valence-corrected chi connectivity index (χ0v) is 8.83. The van der Waals surface area contributed by atoms with Crippen LogP contribution in [0.1, 0.15) is 13.8 Å². The molecule has 15 heavy (non-hydrogen) atoms. The van der Waals surface area contributed by atoms with Gasteiger partial charge >= 0.3 is 19.9 Å². The van der Waals surface area contributed by atoms with Gasteiger partial charge in [-0.1, -0.05) is 13.8 Å². The van der Waals surface area contributed by atoms with Gasteiger partial charge in [-0.05, 0) is 0 Å². The van der Waals surface area contributed by atoms with Crippen molar-refractivity contribution in [2.45, 2.75) is 19.5 Å². The van der Waals surface area contributed by atoms with Gasteiger partial charge in [-0.15, -0.1) is 0 Å². The Morgan fingerprint density at radius 3 is 1.00 bits per heavy atom. The van der Waals surface area contributed by atoms with E-state index in [1.165, 1.54) is 13.8 Å². The molecule has 0 aromatic rings. The normalized spacial score (nSPS) is 9.13. The number of hydrogen-bond acceptors (Lipinski definition) is 3. The Kier molecular flexibility index (Phi) is 11.9. The smallest absolute Gasteiger partial charge is 0.450 e. The third kappa shape index (κ3) is 65.9. The van der Waals surface area contributed by atoms with Gasteiger partial charge in [0.15, 0.2) is 0 Å². The van der Waals surface area contributed by atoms with Crippen molar-refractivity contribution in [1.82, 2.24) is 0 Å². The van der Waals surface area contributed by atoms with Crippen LogP contribution < -0.4 is 0 Å². The lowest BCUT2D eigenvalue weighted by molar-refractivity contribution is 0.135. The maximum atomic E-state index is 10.0. The number of carboxylic acid groups (broad SMARTS) is 4. The Morgan fingerprint density at radius 2 is 1.00 bits per heavy atom. The van der Waals surface area contributed by atoms with Crippen LogP contribution in [0.5, 0.6) is 0 Å². The molecule has 10 heteroatoms. The van der Waals surface area contributed by atoms with Gasteiger partial charge in [0.2, 0.25) is 0 Å². The molecule has 92 valence electrons. The molecule has 9 nitrogen and oxygen atoms in total. The highest BCUT2D eigenvalue weighted by Crippen LogP contribution is 2.39. The van der Waals surface area contributed by atoms with Crippen LogP contribution in [-0.2, 0) is 4.57 Å². The zero-order chi connectivity index (χ0) is 13.2. The summed E-state index contributed by atoms with van der Waals surface area (Å²) in [6.45, 7) is 2.97. The second-order valence-electron chi connectivity index (χ2n) is 2.25. The second-order valence-corrected chi connectivity index (χ2v) is 4.46. The largest absolute Gasteiger partial charge is 0.503 e. The first-order valence-electron chi connectivity index (χ1n) is 3.30. The highest BCUT2D eigenvalue weighted by molar-refractivity contribution is 7.52. The molecule has 0 heterocycles. The van der Waals surface area contributed by atoms with E-state index in [9.17, 15) is 4.57 Å². The van der Waals surface area contributed by atoms with E-state index >= 15 is 0 Å². The maximum Gasteiger partial charge on any atom is 0.503 e. The summed E-state index contributed by atoms with van der Waals surface area (Å²) in [7, 11) is -3.74. The second kappa shape index (κ2) is 9.25. The lowest BCUT2D eigenvalue weighted by atomic mass is 10.6. The average molecular weight is 248 g/mol. The molecule has 0 aliphatic carbocycles. The van der Waals surface area contributed by atoms with E-state index < -0.39 is 25.6 Å². The SMILES string of the molecule is CC(C)P(=O)(O)O.O=C(O)O.O=C(O)O. The summed E-state index contributed by atoms with van der Waals surface area (Å²) in [5.41, 5.74) is -0.535. The molecular weight excluding hydrogens is 235 g/mol. The van der Waals surface area contributed by atoms with Gasteiger partial charge in [0, 0.05) is 0 Å². The van der Waals surface area contributed by atoms with E-state index in [2.05, 4.69) is 0 Å². The van der Waals surface area contributed by atoms with Crippen molar-refractivity contribution in [3.63, 3.8) is 0 Å². The quantitative estimate of drug-likeness (QED) is 0.370. The van der Waals surface area contributed by atoms with Crippen molar-refractivity contribution in [1.29, 1.82) is 0 Å². The molecule has 0 spiro atoms. The van der Waals surface area contributed by atoms with Crippen LogP contribution in [-0.4, -0.2) is 48.2 Å². The Balaban J connectivity index is -0.000000155. The number of carbonyl (C=O) groups is 2. The predicted molar refractivity (Wildman–Crippen MR) is 48.5 cm³/mol. The summed E-state index contributed by atoms with van der Waals surface area (Å²) in [6, 6.07) is 0. The Bertz CT molecular complexity index is 209. The van der Waals surface area contributed by atoms with Crippen LogP contribution in [0, 0.1) is 0 Å². The van der Waals surface area contributed by atoms with Crippen LogP contribution >= 0.6 is 7.60 Å². The summed E-state index contributed by atoms with van der Waals surface area (Å²) < 4.78 is 10.0. The lowest BCUT2D eigenvalue weighted by Gasteiger charge is -2.04. The molecule has 0 aliphatic heterocycles. The van der Waals surface area contributed by atoms with E-state index in [4.69, 9.17) is 39.8 Å². The standard InChI is InChI=1S/C3H9O3P.2CH2O3/c1-3(2)7(4,5)6;2*2-1(3)4/h3H,1-2H3,(H2,4,5,6);2*(H2,2,3,4). The minimum absolute atomic E-state index is 0.535. The molecule has 0 saturated carbocycles. The van der Waals surface area contributed by atoms with Gasteiger partial charge in [0.1, 0.15) is 0 Å². The molecule has 0 rings (SSSR count). The van der Waals surface area contributed by atoms with Crippen molar-refractivity contribution < 1.29 is 44.4 Å². The molecule has 0 amide bonds. The summed E-state index contributed by atoms with van der Waals surface area (Å²) >= 11 is 0. The van der Waals surface area contributed by atoms with Crippen molar-refractivity contribution in [3.05, 3.63) is 0 Å². The minimum Gasteiger partial charge on any atom is -0.450 e. The minimum atomic E-state index is -3.74. The molecule has 0 aromatic carbocycles. The fourth-order valence-corrected chi connectivity index (χ4v) is 0. The van der Waals surface area contributed by atoms with E-state index in [-0.39, 0.29) is 0 Å². The molecule has 0 bridgehead atoms. The van der Waals surface area contributed by atoms with Crippen LogP contribution in [0.2, 0.25) is 0 Å². The van der Waals surface area contributed by atoms with E-state index in [0.29, 0.717) is 0 Å². The molecule has 0 saturated heterocycles. The van der Waals surface area contributed by atoms with Crippen molar-refractivity contribution in [3.8, 4) is 0 Å². The Labute approximate surface area is 84.8 Å². The van der Waals surface area contributed by atoms with Gasteiger partial charge in [-0.2, -0.15) is 0 Å². The molecule has 6 N–H and O–H groups in total. The maximum absolute atomic E-state index is 10.0. The fraction of sp³-hybridized carbons (Fsp3) is 0.600. The summed E-state index contributed by atoms with van der Waals surface area (Å²) in [4.78, 5) is 33.5. The molecule has 0 aliphatic rings. The third-order valence-electron chi connectivity index (χ3n) is 0.673. The number of hydrogen-bond donors (Lipinski definition) is 6. The number of rotatable bonds is 1. The Hall–Kier alpha value is -1.31. The summed E-state index contributed by atoms with van der Waals surface area (Å²) in [5.74, 6) is 0. The zero-order valence-electron chi connectivity index (χ0n) is 7.93. The van der Waals surface area contributed by atoms with E-state index in [1.54, 1.807) is 0 Å². The first-order valence-corrected chi connectivity index (χ1v) is 4.98. The summed E-state index contributed by atoms with van der Waals surface area (Å²) in [5, 5.41) is 27.9. The molecule has 0 atom stereocenters. The topological polar surface area (TPSA) is 173 Å². The average Bonchev–Trinajstić information content (AvgIpc) is 1.80. The van der Waals surface area contributed by atoms with Gasteiger partial charge in [0.05, 0.1) is 5.66 Å². The first kappa shape index (κ1) is 19.3. The van der Waals surface area contributed by atoms with Crippen LogP contribution in [0.3, 0.4) is 0 Å². The van der Waals surface area contributed by atoms with E-state index in [0.717, 1.165) is 0 Å². The molecule has 0 unspecified atom stereocenters. The monoisotopic (exact) mass is 248 g/mol. The van der Waals surface area contributed by atoms with Gasteiger partial charge in [-0.25, -0.2) is 9.59 Å². The van der Waals surface area contributed by atoms with E-state index in [1.807, 2.05) is 0 Å². The van der Waals surface area contributed by atoms with Crippen LogP contribution in [0.4, 0.5) is 9.59 Å². The summed E-state index contributed by atoms with van der Waals surface area (Å²) in [6.07, 6.45) is -3.67. The van der Waals surface area contributed by atoms with Crippen LogP contribution in [0.15, 0.2) is 0 Å². The van der Waals surface area contributed by atoms with Crippen molar-refractivity contribution >= 4 is 19.9 Å². The highest BCUT2D eigenvalue weighted by atomic mass is 31.2. The molecule has 0 radical (unpaired) electrons. The molecular formula is C5H13O9P. The molecule has 0 fully saturated rings. The first-order chi connectivity index (χ1) is 6.41. The van der Waals surface area contributed by atoms with Crippen LogP contribution in [0.25, 0.3) is 0 Å². The fourth-order valence-electron chi connectivity index (χ4n) is 0.